The minimum atomic E-state index is 0. The number of benzene rings is 1. The molecular formula is C20H31IN6O. The van der Waals surface area contributed by atoms with E-state index >= 15 is 0 Å². The Morgan fingerprint density at radius 2 is 1.96 bits per heavy atom. The van der Waals surface area contributed by atoms with E-state index < -0.39 is 0 Å². The van der Waals surface area contributed by atoms with Crippen LogP contribution in [-0.2, 0) is 11.3 Å². The number of carbonyl (C=O) groups excluding carboxylic acids is 1. The lowest BCUT2D eigenvalue weighted by Crippen LogP contribution is -2.45. The van der Waals surface area contributed by atoms with Crippen LogP contribution >= 0.6 is 24.0 Å². The molecule has 1 aromatic carbocycles. The van der Waals surface area contributed by atoms with Gasteiger partial charge in [0.15, 0.2) is 5.96 Å². The van der Waals surface area contributed by atoms with E-state index in [-0.39, 0.29) is 29.9 Å². The van der Waals surface area contributed by atoms with Crippen LogP contribution in [0.3, 0.4) is 0 Å². The van der Waals surface area contributed by atoms with Gasteiger partial charge in [0, 0.05) is 39.1 Å². The van der Waals surface area contributed by atoms with Crippen molar-refractivity contribution in [1.29, 1.82) is 0 Å². The Morgan fingerprint density at radius 3 is 2.57 bits per heavy atom. The van der Waals surface area contributed by atoms with Crippen molar-refractivity contribution in [2.45, 2.75) is 27.3 Å². The molecule has 0 aliphatic rings. The maximum Gasteiger partial charge on any atom is 0.242 e. The van der Waals surface area contributed by atoms with Gasteiger partial charge in [-0.2, -0.15) is 5.10 Å². The molecule has 8 heteroatoms. The standard InChI is InChI=1S/C20H30N6O.HI/c1-5-21-20(24(4)16-19(27)25(6-2)7-3)22-15-17-10-8-11-18(14-17)26-13-9-12-23-26;/h8-14H,5-7,15-16H2,1-4H3,(H,21,22);1H. The molecule has 7 nitrogen and oxygen atoms in total. The summed E-state index contributed by atoms with van der Waals surface area (Å²) in [5, 5.41) is 7.53. The molecule has 154 valence electrons. The number of hydrogen-bond donors (Lipinski definition) is 1. The zero-order valence-electron chi connectivity index (χ0n) is 17.1. The number of guanidine groups is 1. The van der Waals surface area contributed by atoms with Gasteiger partial charge in [-0.15, -0.1) is 24.0 Å². The van der Waals surface area contributed by atoms with Gasteiger partial charge in [-0.1, -0.05) is 12.1 Å². The number of aliphatic imine (C=N–C) groups is 1. The summed E-state index contributed by atoms with van der Waals surface area (Å²) in [5.41, 5.74) is 2.09. The van der Waals surface area contributed by atoms with Gasteiger partial charge >= 0.3 is 0 Å². The van der Waals surface area contributed by atoms with E-state index in [1.165, 1.54) is 0 Å². The predicted octanol–water partition coefficient (Wildman–Crippen LogP) is 2.76. The van der Waals surface area contributed by atoms with Crippen LogP contribution in [0.15, 0.2) is 47.7 Å². The van der Waals surface area contributed by atoms with Crippen molar-refractivity contribution in [2.75, 3.05) is 33.2 Å². The first kappa shape index (κ1) is 23.9. The molecule has 0 bridgehead atoms. The number of carbonyl (C=O) groups is 1. The third kappa shape index (κ3) is 6.81. The van der Waals surface area contributed by atoms with Crippen molar-refractivity contribution in [3.05, 3.63) is 48.3 Å². The topological polar surface area (TPSA) is 65.8 Å². The zero-order valence-corrected chi connectivity index (χ0v) is 19.5. The van der Waals surface area contributed by atoms with E-state index in [1.807, 2.05) is 72.8 Å². The molecule has 2 rings (SSSR count). The Balaban J connectivity index is 0.00000392. The first-order valence-electron chi connectivity index (χ1n) is 9.45. The SMILES string of the molecule is CCNC(=NCc1cccc(-n2cccn2)c1)N(C)CC(=O)N(CC)CC.I. The monoisotopic (exact) mass is 498 g/mol. The summed E-state index contributed by atoms with van der Waals surface area (Å²) in [6, 6.07) is 10.0. The summed E-state index contributed by atoms with van der Waals surface area (Å²) in [5.74, 6) is 0.830. The average molecular weight is 498 g/mol. The number of rotatable bonds is 8. The summed E-state index contributed by atoms with van der Waals surface area (Å²) in [7, 11) is 1.89. The fourth-order valence-electron chi connectivity index (χ4n) is 2.81. The van der Waals surface area contributed by atoms with Gasteiger partial charge in [0.1, 0.15) is 0 Å². The minimum absolute atomic E-state index is 0. The Kier molecular flexibility index (Phi) is 10.6. The highest BCUT2D eigenvalue weighted by Crippen LogP contribution is 2.10. The highest BCUT2D eigenvalue weighted by Gasteiger charge is 2.15. The molecule has 1 aromatic heterocycles. The second-order valence-electron chi connectivity index (χ2n) is 6.21. The van der Waals surface area contributed by atoms with Gasteiger partial charge in [-0.05, 0) is 44.5 Å². The first-order chi connectivity index (χ1) is 13.1. The number of nitrogens with one attached hydrogen (secondary N) is 1. The fourth-order valence-corrected chi connectivity index (χ4v) is 2.81. The summed E-state index contributed by atoms with van der Waals surface area (Å²) in [6.45, 7) is 9.03. The second kappa shape index (κ2) is 12.4. The van der Waals surface area contributed by atoms with Crippen molar-refractivity contribution in [3.8, 4) is 5.69 Å². The van der Waals surface area contributed by atoms with Gasteiger partial charge in [0.05, 0.1) is 18.8 Å². The maximum absolute atomic E-state index is 12.4. The second-order valence-corrected chi connectivity index (χ2v) is 6.21. The lowest BCUT2D eigenvalue weighted by atomic mass is 10.2. The molecule has 0 fully saturated rings. The van der Waals surface area contributed by atoms with Crippen LogP contribution in [0.1, 0.15) is 26.3 Å². The Labute approximate surface area is 184 Å². The van der Waals surface area contributed by atoms with E-state index in [9.17, 15) is 4.79 Å². The molecule has 0 saturated heterocycles. The largest absolute Gasteiger partial charge is 0.357 e. The fraction of sp³-hybridized carbons (Fsp3) is 0.450. The van der Waals surface area contributed by atoms with Crippen LogP contribution in [0, 0.1) is 0 Å². The maximum atomic E-state index is 12.4. The summed E-state index contributed by atoms with van der Waals surface area (Å²) >= 11 is 0. The number of hydrogen-bond acceptors (Lipinski definition) is 3. The minimum Gasteiger partial charge on any atom is -0.357 e. The molecule has 0 aliphatic carbocycles. The number of aromatic nitrogens is 2. The molecule has 0 atom stereocenters. The van der Waals surface area contributed by atoms with Gasteiger partial charge in [0.25, 0.3) is 0 Å². The van der Waals surface area contributed by atoms with Crippen molar-refractivity contribution < 1.29 is 4.79 Å². The average Bonchev–Trinajstić information content (AvgIpc) is 3.21. The molecule has 1 N–H and O–H groups in total. The van der Waals surface area contributed by atoms with Gasteiger partial charge in [0.2, 0.25) is 5.91 Å². The highest BCUT2D eigenvalue weighted by atomic mass is 127. The molecule has 1 amide bonds. The summed E-state index contributed by atoms with van der Waals surface area (Å²) in [4.78, 5) is 20.8. The Bertz CT molecular complexity index is 743. The molecule has 1 heterocycles. The molecule has 28 heavy (non-hydrogen) atoms. The molecule has 2 aromatic rings. The number of amides is 1. The van der Waals surface area contributed by atoms with E-state index in [0.717, 1.165) is 36.8 Å². The summed E-state index contributed by atoms with van der Waals surface area (Å²) in [6.07, 6.45) is 3.68. The van der Waals surface area contributed by atoms with Crippen molar-refractivity contribution in [1.82, 2.24) is 24.9 Å². The molecule has 0 radical (unpaired) electrons. The van der Waals surface area contributed by atoms with E-state index in [0.29, 0.717) is 13.1 Å². The lowest BCUT2D eigenvalue weighted by Gasteiger charge is -2.25. The van der Waals surface area contributed by atoms with Crippen LogP contribution in [0.4, 0.5) is 0 Å². The normalized spacial score (nSPS) is 10.9. The molecular weight excluding hydrogens is 467 g/mol. The third-order valence-corrected chi connectivity index (χ3v) is 4.28. The molecule has 0 aliphatic heterocycles. The van der Waals surface area contributed by atoms with E-state index in [4.69, 9.17) is 4.99 Å². The third-order valence-electron chi connectivity index (χ3n) is 4.28. The van der Waals surface area contributed by atoms with Crippen molar-refractivity contribution in [3.63, 3.8) is 0 Å². The Morgan fingerprint density at radius 1 is 1.21 bits per heavy atom. The van der Waals surface area contributed by atoms with Crippen LogP contribution < -0.4 is 5.32 Å². The number of likely N-dealkylation sites (N-methyl/N-ethyl adjacent to an activating group) is 2. The van der Waals surface area contributed by atoms with E-state index in [2.05, 4.69) is 16.5 Å². The lowest BCUT2D eigenvalue weighted by molar-refractivity contribution is -0.131. The van der Waals surface area contributed by atoms with Crippen LogP contribution in [0.25, 0.3) is 5.69 Å². The zero-order chi connectivity index (χ0) is 19.6. The summed E-state index contributed by atoms with van der Waals surface area (Å²) < 4.78 is 1.83. The van der Waals surface area contributed by atoms with Gasteiger partial charge < -0.3 is 15.1 Å². The van der Waals surface area contributed by atoms with Crippen LogP contribution in [0.5, 0.6) is 0 Å². The molecule has 0 unspecified atom stereocenters. The van der Waals surface area contributed by atoms with Crippen LogP contribution in [0.2, 0.25) is 0 Å². The van der Waals surface area contributed by atoms with Crippen molar-refractivity contribution >= 4 is 35.8 Å². The predicted molar refractivity (Wildman–Crippen MR) is 124 cm³/mol. The Hall–Kier alpha value is -2.10. The number of nitrogens with zero attached hydrogens (tertiary/aromatic N) is 5. The molecule has 0 saturated carbocycles. The first-order valence-corrected chi connectivity index (χ1v) is 9.45. The molecule has 0 spiro atoms. The van der Waals surface area contributed by atoms with Crippen LogP contribution in [-0.4, -0.2) is 64.7 Å². The van der Waals surface area contributed by atoms with Gasteiger partial charge in [-0.25, -0.2) is 9.67 Å². The van der Waals surface area contributed by atoms with Gasteiger partial charge in [-0.3, -0.25) is 4.79 Å². The quantitative estimate of drug-likeness (QED) is 0.346. The highest BCUT2D eigenvalue weighted by molar-refractivity contribution is 14.0. The van der Waals surface area contributed by atoms with Crippen molar-refractivity contribution in [2.24, 2.45) is 4.99 Å². The van der Waals surface area contributed by atoms with E-state index in [1.54, 1.807) is 6.20 Å². The number of halogens is 1. The smallest absolute Gasteiger partial charge is 0.242 e.